The molecule has 4 nitrogen and oxygen atoms in total. The summed E-state index contributed by atoms with van der Waals surface area (Å²) in [5.41, 5.74) is 8.41. The van der Waals surface area contributed by atoms with E-state index in [1.165, 1.54) is 0 Å². The molecule has 0 fully saturated rings. The smallest absolute Gasteiger partial charge is 0.176 e. The quantitative estimate of drug-likeness (QED) is 0.624. The molecule has 0 unspecified atom stereocenters. The van der Waals surface area contributed by atoms with Gasteiger partial charge in [-0.3, -0.25) is 0 Å². The zero-order chi connectivity index (χ0) is 15.9. The van der Waals surface area contributed by atoms with Gasteiger partial charge in [-0.1, -0.05) is 18.2 Å². The molecule has 0 aromatic heterocycles. The van der Waals surface area contributed by atoms with Crippen LogP contribution >= 0.6 is 31.9 Å². The number of hydrazine groups is 1. The molecule has 2 aromatic rings. The fourth-order valence-electron chi connectivity index (χ4n) is 1.96. The summed E-state index contributed by atoms with van der Waals surface area (Å²) in [6, 6.07) is 11.9. The summed E-state index contributed by atoms with van der Waals surface area (Å²) in [6.45, 7) is 3.14. The number of anilines is 1. The van der Waals surface area contributed by atoms with Crippen LogP contribution in [0.15, 0.2) is 45.3 Å². The van der Waals surface area contributed by atoms with Gasteiger partial charge in [0.15, 0.2) is 11.5 Å². The van der Waals surface area contributed by atoms with Crippen molar-refractivity contribution in [2.75, 3.05) is 19.1 Å². The Morgan fingerprint density at radius 1 is 1.09 bits per heavy atom. The average Bonchev–Trinajstić information content (AvgIpc) is 2.55. The molecule has 2 rings (SSSR count). The topological polar surface area (TPSA) is 42.5 Å². The summed E-state index contributed by atoms with van der Waals surface area (Å²) in [4.78, 5) is 0. The second-order valence-corrected chi connectivity index (χ2v) is 6.06. The van der Waals surface area contributed by atoms with Crippen LogP contribution in [0, 0.1) is 0 Å². The lowest BCUT2D eigenvalue weighted by Crippen LogP contribution is -2.21. The van der Waals surface area contributed by atoms with Gasteiger partial charge in [0, 0.05) is 16.7 Å². The fraction of sp³-hybridized carbons (Fsp3) is 0.250. The van der Waals surface area contributed by atoms with Crippen LogP contribution in [0.2, 0.25) is 0 Å². The average molecular weight is 430 g/mol. The molecule has 0 saturated carbocycles. The summed E-state index contributed by atoms with van der Waals surface area (Å²) in [6.07, 6.45) is 0. The molecule has 0 saturated heterocycles. The largest absolute Gasteiger partial charge is 0.493 e. The molecular formula is C16H18Br2N2O2. The van der Waals surface area contributed by atoms with E-state index < -0.39 is 0 Å². The third-order valence-corrected chi connectivity index (χ3v) is 5.19. The standard InChI is InChI=1S/C16H18Br2N2O2/c1-3-22-16-13(21-2)9-11(14(17)15(16)18)10-19-20-12-7-5-4-6-8-12/h4-9,19-20H,3,10H2,1-2H3. The maximum atomic E-state index is 5.63. The van der Waals surface area contributed by atoms with Gasteiger partial charge in [0.1, 0.15) is 0 Å². The minimum absolute atomic E-state index is 0.578. The van der Waals surface area contributed by atoms with Gasteiger partial charge in [-0.2, -0.15) is 0 Å². The summed E-state index contributed by atoms with van der Waals surface area (Å²) in [5.74, 6) is 1.41. The molecule has 0 atom stereocenters. The van der Waals surface area contributed by atoms with Gasteiger partial charge in [0.05, 0.1) is 18.2 Å². The van der Waals surface area contributed by atoms with Gasteiger partial charge in [-0.05, 0) is 62.5 Å². The second-order valence-electron chi connectivity index (χ2n) is 4.47. The number of nitrogens with one attached hydrogen (secondary N) is 2. The Morgan fingerprint density at radius 3 is 2.45 bits per heavy atom. The molecule has 0 aliphatic carbocycles. The summed E-state index contributed by atoms with van der Waals surface area (Å²) < 4.78 is 12.8. The molecular weight excluding hydrogens is 412 g/mol. The Hall–Kier alpha value is -1.24. The van der Waals surface area contributed by atoms with Crippen molar-refractivity contribution in [1.82, 2.24) is 5.43 Å². The lowest BCUT2D eigenvalue weighted by atomic mass is 10.2. The first kappa shape index (κ1) is 17.1. The monoisotopic (exact) mass is 428 g/mol. The van der Waals surface area contributed by atoms with Crippen molar-refractivity contribution in [3.8, 4) is 11.5 Å². The van der Waals surface area contributed by atoms with Crippen molar-refractivity contribution < 1.29 is 9.47 Å². The summed E-state index contributed by atoms with van der Waals surface area (Å²) in [5, 5.41) is 0. The van der Waals surface area contributed by atoms with E-state index in [0.717, 1.165) is 20.2 Å². The predicted molar refractivity (Wildman–Crippen MR) is 96.5 cm³/mol. The van der Waals surface area contributed by atoms with Crippen molar-refractivity contribution >= 4 is 37.5 Å². The number of methoxy groups -OCH3 is 1. The van der Waals surface area contributed by atoms with Gasteiger partial charge in [-0.15, -0.1) is 0 Å². The minimum atomic E-state index is 0.578. The van der Waals surface area contributed by atoms with E-state index in [1.807, 2.05) is 43.3 Å². The molecule has 0 aliphatic rings. The minimum Gasteiger partial charge on any atom is -0.493 e. The van der Waals surface area contributed by atoms with Crippen LogP contribution in [0.4, 0.5) is 5.69 Å². The van der Waals surface area contributed by atoms with Crippen LogP contribution in [0.1, 0.15) is 12.5 Å². The van der Waals surface area contributed by atoms with Gasteiger partial charge in [0.25, 0.3) is 0 Å². The second kappa shape index (κ2) is 8.41. The first-order chi connectivity index (χ1) is 10.7. The lowest BCUT2D eigenvalue weighted by molar-refractivity contribution is 0.308. The first-order valence-electron chi connectivity index (χ1n) is 6.89. The Bertz CT molecular complexity index is 621. The highest BCUT2D eigenvalue weighted by Gasteiger charge is 2.16. The predicted octanol–water partition coefficient (Wildman–Crippen LogP) is 4.74. The molecule has 0 heterocycles. The van der Waals surface area contributed by atoms with E-state index in [0.29, 0.717) is 24.7 Å². The van der Waals surface area contributed by atoms with E-state index in [1.54, 1.807) is 7.11 Å². The van der Waals surface area contributed by atoms with Crippen molar-refractivity contribution in [3.05, 3.63) is 50.9 Å². The lowest BCUT2D eigenvalue weighted by Gasteiger charge is -2.16. The number of ether oxygens (including phenoxy) is 2. The summed E-state index contributed by atoms with van der Waals surface area (Å²) >= 11 is 7.16. The Kier molecular flexibility index (Phi) is 6.54. The molecule has 2 N–H and O–H groups in total. The van der Waals surface area contributed by atoms with E-state index in [4.69, 9.17) is 9.47 Å². The Morgan fingerprint density at radius 2 is 1.82 bits per heavy atom. The number of halogens is 2. The SMILES string of the molecule is CCOc1c(OC)cc(CNNc2ccccc2)c(Br)c1Br. The maximum Gasteiger partial charge on any atom is 0.176 e. The zero-order valence-corrected chi connectivity index (χ0v) is 15.6. The van der Waals surface area contributed by atoms with E-state index in [2.05, 4.69) is 42.7 Å². The number of rotatable bonds is 7. The van der Waals surface area contributed by atoms with Crippen molar-refractivity contribution in [3.63, 3.8) is 0 Å². The van der Waals surface area contributed by atoms with Gasteiger partial charge in [-0.25, -0.2) is 5.43 Å². The van der Waals surface area contributed by atoms with Crippen LogP contribution in [0.25, 0.3) is 0 Å². The third kappa shape index (κ3) is 4.15. The third-order valence-electron chi connectivity index (χ3n) is 3.00. The fourth-order valence-corrected chi connectivity index (χ4v) is 2.96. The van der Waals surface area contributed by atoms with Crippen molar-refractivity contribution in [1.29, 1.82) is 0 Å². The van der Waals surface area contributed by atoms with Crippen LogP contribution in [0.5, 0.6) is 11.5 Å². The Labute approximate surface area is 147 Å². The molecule has 6 heteroatoms. The number of para-hydroxylation sites is 1. The molecule has 2 aromatic carbocycles. The van der Waals surface area contributed by atoms with Gasteiger partial charge >= 0.3 is 0 Å². The normalized spacial score (nSPS) is 10.4. The Balaban J connectivity index is 2.12. The molecule has 0 radical (unpaired) electrons. The van der Waals surface area contributed by atoms with E-state index in [9.17, 15) is 0 Å². The number of hydrogen-bond donors (Lipinski definition) is 2. The molecule has 0 spiro atoms. The molecule has 0 aliphatic heterocycles. The number of benzene rings is 2. The van der Waals surface area contributed by atoms with Crippen LogP contribution < -0.4 is 20.3 Å². The molecule has 118 valence electrons. The van der Waals surface area contributed by atoms with E-state index in [-0.39, 0.29) is 0 Å². The summed E-state index contributed by atoms with van der Waals surface area (Å²) in [7, 11) is 1.64. The molecule has 22 heavy (non-hydrogen) atoms. The maximum absolute atomic E-state index is 5.63. The van der Waals surface area contributed by atoms with E-state index >= 15 is 0 Å². The molecule has 0 bridgehead atoms. The van der Waals surface area contributed by atoms with Gasteiger partial charge < -0.3 is 14.9 Å². The highest BCUT2D eigenvalue weighted by molar-refractivity contribution is 9.13. The zero-order valence-electron chi connectivity index (χ0n) is 12.5. The highest BCUT2D eigenvalue weighted by atomic mass is 79.9. The van der Waals surface area contributed by atoms with Crippen molar-refractivity contribution in [2.24, 2.45) is 0 Å². The van der Waals surface area contributed by atoms with Crippen LogP contribution in [-0.2, 0) is 6.54 Å². The number of hydrogen-bond acceptors (Lipinski definition) is 4. The van der Waals surface area contributed by atoms with Crippen LogP contribution in [0.3, 0.4) is 0 Å². The molecule has 0 amide bonds. The highest BCUT2D eigenvalue weighted by Crippen LogP contribution is 2.42. The van der Waals surface area contributed by atoms with Crippen molar-refractivity contribution in [2.45, 2.75) is 13.5 Å². The first-order valence-corrected chi connectivity index (χ1v) is 8.47. The van der Waals surface area contributed by atoms with Gasteiger partial charge in [0.2, 0.25) is 0 Å². The van der Waals surface area contributed by atoms with Crippen LogP contribution in [-0.4, -0.2) is 13.7 Å².